The molecule has 0 saturated carbocycles. The molecule has 0 heterocycles. The fraction of sp³-hybridized carbons (Fsp3) is 0.457. The fourth-order valence-electron chi connectivity index (χ4n) is 4.29. The third-order valence-corrected chi connectivity index (χ3v) is 7.12. The number of ether oxygens (including phenoxy) is 4. The first kappa shape index (κ1) is 38.0. The molecule has 0 aliphatic rings. The molecule has 2 aromatic rings. The van der Waals surface area contributed by atoms with Gasteiger partial charge >= 0.3 is 17.9 Å². The summed E-state index contributed by atoms with van der Waals surface area (Å²) in [6, 6.07) is 10.1. The van der Waals surface area contributed by atoms with Crippen LogP contribution in [0.3, 0.4) is 0 Å². The number of halogens is 1. The first-order valence-corrected chi connectivity index (χ1v) is 16.5. The average molecular weight is 737 g/mol. The molecule has 0 saturated heterocycles. The van der Waals surface area contributed by atoms with Crippen molar-refractivity contribution < 1.29 is 41.5 Å². The normalized spacial score (nSPS) is 11.2. The lowest BCUT2D eigenvalue weighted by atomic mass is 10.1. The smallest absolute Gasteiger partial charge is 0.336 e. The van der Waals surface area contributed by atoms with E-state index in [0.717, 1.165) is 107 Å². The van der Waals surface area contributed by atoms with Crippen molar-refractivity contribution in [1.82, 2.24) is 0 Å². The number of fused-ring (bicyclic) bond motifs is 1. The van der Waals surface area contributed by atoms with E-state index in [-0.39, 0.29) is 6.61 Å². The molecule has 0 atom stereocenters. The molecule has 45 heavy (non-hydrogen) atoms. The Bertz CT molecular complexity index is 1250. The summed E-state index contributed by atoms with van der Waals surface area (Å²) in [5, 5.41) is 10.3. The van der Waals surface area contributed by atoms with E-state index in [1.54, 1.807) is 36.4 Å². The van der Waals surface area contributed by atoms with Crippen LogP contribution in [0.25, 0.3) is 10.8 Å². The lowest BCUT2D eigenvalue weighted by molar-refractivity contribution is -0.138. The highest BCUT2D eigenvalue weighted by atomic mass is 127. The van der Waals surface area contributed by atoms with Gasteiger partial charge in [-0.3, -0.25) is 0 Å². The molecule has 0 fully saturated rings. The highest BCUT2D eigenvalue weighted by Gasteiger charge is 2.07. The molecule has 0 aromatic heterocycles. The average Bonchev–Trinajstić information content (AvgIpc) is 3.03. The maximum Gasteiger partial charge on any atom is 0.336 e. The molecule has 2 rings (SSSR count). The second-order valence-corrected chi connectivity index (χ2v) is 11.1. The van der Waals surface area contributed by atoms with Gasteiger partial charge < -0.3 is 27.1 Å². The molecule has 2 aromatic carbocycles. The van der Waals surface area contributed by atoms with E-state index < -0.39 is 17.9 Å². The van der Waals surface area contributed by atoms with Crippen LogP contribution in [0, 0.1) is 0 Å². The molecule has 0 amide bonds. The Morgan fingerprint density at radius 1 is 0.600 bits per heavy atom. The van der Waals surface area contributed by atoms with E-state index in [9.17, 15) is 14.4 Å². The summed E-state index contributed by atoms with van der Waals surface area (Å²) in [7, 11) is 0. The van der Waals surface area contributed by atoms with Gasteiger partial charge in [0.2, 0.25) is 0 Å². The van der Waals surface area contributed by atoms with Crippen molar-refractivity contribution in [2.24, 2.45) is 0 Å². The standard InChI is InChI=1S/C35H45IO9/c1-28(41-23-11-7-3-2-6-10-22-37)14-19-34(39)44-31-17-15-30-27-32(18-16-29(30)26-31)45-35(40)21-20-33(38)42-24-12-8-4-5-9-13-25-43-36/h14-21,26-27,37H,1-13,22-25H2/b19-14+,21-20+. The highest BCUT2D eigenvalue weighted by molar-refractivity contribution is 14.1. The van der Waals surface area contributed by atoms with Crippen molar-refractivity contribution in [3.63, 3.8) is 0 Å². The van der Waals surface area contributed by atoms with Crippen LogP contribution in [0.4, 0.5) is 0 Å². The minimum absolute atomic E-state index is 0.247. The predicted molar refractivity (Wildman–Crippen MR) is 182 cm³/mol. The maximum atomic E-state index is 12.3. The van der Waals surface area contributed by atoms with Crippen molar-refractivity contribution in [3.8, 4) is 11.5 Å². The van der Waals surface area contributed by atoms with Crippen LogP contribution in [0.2, 0.25) is 0 Å². The van der Waals surface area contributed by atoms with Crippen LogP contribution < -0.4 is 9.47 Å². The van der Waals surface area contributed by atoms with E-state index in [1.165, 1.54) is 12.2 Å². The molecule has 0 bridgehead atoms. The second kappa shape index (κ2) is 24.1. The number of allylic oxidation sites excluding steroid dienone is 1. The zero-order chi connectivity index (χ0) is 32.5. The number of aliphatic hydroxyl groups is 1. The van der Waals surface area contributed by atoms with Crippen LogP contribution >= 0.6 is 23.0 Å². The summed E-state index contributed by atoms with van der Waals surface area (Å²) < 4.78 is 26.4. The number of unbranched alkanes of at least 4 members (excludes halogenated alkanes) is 10. The van der Waals surface area contributed by atoms with Crippen molar-refractivity contribution in [2.75, 3.05) is 26.4 Å². The van der Waals surface area contributed by atoms with E-state index >= 15 is 0 Å². The minimum atomic E-state index is -0.695. The van der Waals surface area contributed by atoms with Crippen molar-refractivity contribution >= 4 is 51.7 Å². The third-order valence-electron chi connectivity index (χ3n) is 6.68. The Morgan fingerprint density at radius 3 is 1.58 bits per heavy atom. The second-order valence-electron chi connectivity index (χ2n) is 10.4. The molecule has 0 spiro atoms. The van der Waals surface area contributed by atoms with Gasteiger partial charge in [0.15, 0.2) is 0 Å². The number of esters is 3. The summed E-state index contributed by atoms with van der Waals surface area (Å²) >= 11 is 1.90. The quantitative estimate of drug-likeness (QED) is 0.0219. The number of hydrogen-bond acceptors (Lipinski definition) is 9. The van der Waals surface area contributed by atoms with Crippen LogP contribution in [-0.4, -0.2) is 49.4 Å². The zero-order valence-electron chi connectivity index (χ0n) is 25.9. The van der Waals surface area contributed by atoms with Gasteiger partial charge in [-0.05, 0) is 66.8 Å². The molecular weight excluding hydrogens is 691 g/mol. The SMILES string of the molecule is C=C(/C=C/C(=O)Oc1ccc2cc(OC(=O)/C=C/C(=O)OCCCCCCCCOI)ccc2c1)OCCCCCCCCO. The Hall–Kier alpha value is -3.22. The summed E-state index contributed by atoms with van der Waals surface area (Å²) in [4.78, 5) is 36.3. The van der Waals surface area contributed by atoms with E-state index in [0.29, 0.717) is 30.5 Å². The summed E-state index contributed by atoms with van der Waals surface area (Å²) in [5.41, 5.74) is 0. The van der Waals surface area contributed by atoms with Gasteiger partial charge in [0.25, 0.3) is 0 Å². The van der Waals surface area contributed by atoms with Crippen LogP contribution in [0.5, 0.6) is 11.5 Å². The van der Waals surface area contributed by atoms with Crippen LogP contribution in [0.15, 0.2) is 73.0 Å². The Kier molecular flexibility index (Phi) is 20.3. The fourth-order valence-corrected chi connectivity index (χ4v) is 4.60. The van der Waals surface area contributed by atoms with Gasteiger partial charge in [0.1, 0.15) is 40.3 Å². The number of rotatable bonds is 24. The molecule has 0 aliphatic heterocycles. The molecule has 0 aliphatic carbocycles. The van der Waals surface area contributed by atoms with E-state index in [4.69, 9.17) is 27.1 Å². The maximum absolute atomic E-state index is 12.3. The van der Waals surface area contributed by atoms with Crippen LogP contribution in [0.1, 0.15) is 77.0 Å². The number of aliphatic hydroxyl groups excluding tert-OH is 1. The third kappa shape index (κ3) is 18.4. The first-order valence-electron chi connectivity index (χ1n) is 15.6. The lowest BCUT2D eigenvalue weighted by Crippen LogP contribution is -2.07. The summed E-state index contributed by atoms with van der Waals surface area (Å²) in [5.74, 6) is -0.793. The number of carbonyl (C=O) groups is 3. The molecular formula is C35H45IO9. The molecule has 1 N–H and O–H groups in total. The number of benzene rings is 2. The van der Waals surface area contributed by atoms with Crippen molar-refractivity contribution in [3.05, 3.63) is 73.0 Å². The van der Waals surface area contributed by atoms with Crippen molar-refractivity contribution in [1.29, 1.82) is 0 Å². The lowest BCUT2D eigenvalue weighted by Gasteiger charge is -2.07. The van der Waals surface area contributed by atoms with Gasteiger partial charge in [0.05, 0.1) is 19.8 Å². The number of carbonyl (C=O) groups excluding carboxylic acids is 3. The molecule has 0 radical (unpaired) electrons. The van der Waals surface area contributed by atoms with E-state index in [1.807, 2.05) is 23.0 Å². The molecule has 246 valence electrons. The summed E-state index contributed by atoms with van der Waals surface area (Å²) in [6.45, 7) is 5.66. The Labute approximate surface area is 280 Å². The van der Waals surface area contributed by atoms with Gasteiger partial charge in [-0.2, -0.15) is 0 Å². The minimum Gasteiger partial charge on any atom is -0.494 e. The van der Waals surface area contributed by atoms with Gasteiger partial charge in [-0.1, -0.05) is 70.1 Å². The topological polar surface area (TPSA) is 118 Å². The zero-order valence-corrected chi connectivity index (χ0v) is 28.0. The number of hydrogen-bond donors (Lipinski definition) is 1. The van der Waals surface area contributed by atoms with Gasteiger partial charge in [0, 0.05) is 24.8 Å². The molecule has 10 heteroatoms. The largest absolute Gasteiger partial charge is 0.494 e. The Balaban J connectivity index is 1.69. The van der Waals surface area contributed by atoms with Crippen LogP contribution in [-0.2, 0) is 26.9 Å². The summed E-state index contributed by atoms with van der Waals surface area (Å²) in [6.07, 6.45) is 17.0. The molecule has 0 unspecified atom stereocenters. The molecule has 9 nitrogen and oxygen atoms in total. The first-order chi connectivity index (χ1) is 21.9. The predicted octanol–water partition coefficient (Wildman–Crippen LogP) is 7.88. The van der Waals surface area contributed by atoms with Gasteiger partial charge in [-0.15, -0.1) is 0 Å². The highest BCUT2D eigenvalue weighted by Crippen LogP contribution is 2.25. The van der Waals surface area contributed by atoms with Crippen molar-refractivity contribution in [2.45, 2.75) is 77.0 Å². The van der Waals surface area contributed by atoms with E-state index in [2.05, 4.69) is 6.58 Å². The monoisotopic (exact) mass is 736 g/mol. The van der Waals surface area contributed by atoms with Gasteiger partial charge in [-0.25, -0.2) is 14.4 Å². The Morgan fingerprint density at radius 2 is 1.04 bits per heavy atom.